The lowest BCUT2D eigenvalue weighted by atomic mass is 10.1. The summed E-state index contributed by atoms with van der Waals surface area (Å²) in [7, 11) is 0. The van der Waals surface area contributed by atoms with Gasteiger partial charge < -0.3 is 0 Å². The van der Waals surface area contributed by atoms with E-state index in [2.05, 4.69) is 55.7 Å². The van der Waals surface area contributed by atoms with Crippen LogP contribution in [0.5, 0.6) is 0 Å². The van der Waals surface area contributed by atoms with E-state index in [-0.39, 0.29) is 5.91 Å². The Morgan fingerprint density at radius 2 is 2.16 bits per heavy atom. The number of nitrogens with zero attached hydrogens (tertiary/aromatic N) is 3. The van der Waals surface area contributed by atoms with Crippen molar-refractivity contribution in [1.29, 1.82) is 0 Å². The number of aryl methyl sites for hydroxylation is 1. The van der Waals surface area contributed by atoms with Crippen molar-refractivity contribution < 1.29 is 4.79 Å². The molecule has 1 heterocycles. The number of hydrogen-bond donors (Lipinski definition) is 1. The maximum Gasteiger partial charge on any atom is 0.260 e. The molecule has 1 aliphatic heterocycles. The van der Waals surface area contributed by atoms with Crippen molar-refractivity contribution in [2.75, 3.05) is 0 Å². The summed E-state index contributed by atoms with van der Waals surface area (Å²) < 4.78 is 0. The molecule has 0 saturated carbocycles. The molecule has 0 aliphatic carbocycles. The van der Waals surface area contributed by atoms with Crippen LogP contribution in [0.25, 0.3) is 0 Å². The zero-order valence-electron chi connectivity index (χ0n) is 10.4. The second-order valence-electron chi connectivity index (χ2n) is 3.96. The van der Waals surface area contributed by atoms with E-state index in [1.165, 1.54) is 11.8 Å². The minimum atomic E-state index is -0.510. The number of rotatable bonds is 3. The van der Waals surface area contributed by atoms with Gasteiger partial charge in [-0.05, 0) is 17.5 Å². The highest BCUT2D eigenvalue weighted by molar-refractivity contribution is 9.10. The van der Waals surface area contributed by atoms with Gasteiger partial charge in [-0.25, -0.2) is 5.43 Å². The molecular weight excluding hydrogens is 308 g/mol. The van der Waals surface area contributed by atoms with Crippen molar-refractivity contribution in [3.05, 3.63) is 35.4 Å². The average molecular weight is 321 g/mol. The molecular formula is C13H13BrN4O. The van der Waals surface area contributed by atoms with Gasteiger partial charge in [-0.15, -0.1) is 0 Å². The number of benzene rings is 1. The van der Waals surface area contributed by atoms with Gasteiger partial charge in [0, 0.05) is 0 Å². The third kappa shape index (κ3) is 3.57. The molecule has 2 rings (SSSR count). The van der Waals surface area contributed by atoms with E-state index >= 15 is 0 Å². The van der Waals surface area contributed by atoms with Crippen LogP contribution in [0, 0.1) is 0 Å². The van der Waals surface area contributed by atoms with Crippen LogP contribution in [0.15, 0.2) is 39.6 Å². The van der Waals surface area contributed by atoms with Crippen molar-refractivity contribution in [2.24, 2.45) is 15.3 Å². The van der Waals surface area contributed by atoms with Gasteiger partial charge in [-0.1, -0.05) is 47.1 Å². The van der Waals surface area contributed by atoms with Gasteiger partial charge >= 0.3 is 0 Å². The van der Waals surface area contributed by atoms with Gasteiger partial charge in [-0.3, -0.25) is 4.79 Å². The molecule has 98 valence electrons. The molecule has 0 spiro atoms. The Kier molecular flexibility index (Phi) is 4.57. The van der Waals surface area contributed by atoms with Crippen LogP contribution < -0.4 is 5.43 Å². The Labute approximate surface area is 119 Å². The van der Waals surface area contributed by atoms with Crippen LogP contribution in [0.1, 0.15) is 18.1 Å². The van der Waals surface area contributed by atoms with Crippen LogP contribution in [0.4, 0.5) is 0 Å². The van der Waals surface area contributed by atoms with Crippen LogP contribution in [-0.2, 0) is 11.2 Å². The molecule has 0 fully saturated rings. The van der Waals surface area contributed by atoms with Crippen LogP contribution in [0.2, 0.25) is 0 Å². The third-order valence-electron chi connectivity index (χ3n) is 2.63. The first-order valence-electron chi connectivity index (χ1n) is 5.87. The number of alkyl halides is 1. The molecule has 1 N–H and O–H groups in total. The molecule has 1 aromatic rings. The lowest BCUT2D eigenvalue weighted by molar-refractivity contribution is -0.119. The Bertz CT molecular complexity index is 548. The topological polar surface area (TPSA) is 66.2 Å². The van der Waals surface area contributed by atoms with E-state index in [0.29, 0.717) is 5.71 Å². The Morgan fingerprint density at radius 1 is 1.42 bits per heavy atom. The minimum absolute atomic E-state index is 0.247. The second kappa shape index (κ2) is 6.38. The Morgan fingerprint density at radius 3 is 2.84 bits per heavy atom. The van der Waals surface area contributed by atoms with E-state index in [0.717, 1.165) is 12.0 Å². The van der Waals surface area contributed by atoms with Crippen molar-refractivity contribution in [3.8, 4) is 0 Å². The molecule has 6 heteroatoms. The zero-order chi connectivity index (χ0) is 13.7. The number of carbonyl (C=O) groups is 1. The highest BCUT2D eigenvalue weighted by Gasteiger charge is 2.23. The predicted molar refractivity (Wildman–Crippen MR) is 80.2 cm³/mol. The van der Waals surface area contributed by atoms with Crippen molar-refractivity contribution >= 4 is 40.0 Å². The van der Waals surface area contributed by atoms with Gasteiger partial charge in [-0.2, -0.15) is 15.3 Å². The number of hydrazone groups is 1. The molecule has 1 atom stereocenters. The first kappa shape index (κ1) is 13.6. The first-order valence-corrected chi connectivity index (χ1v) is 6.79. The van der Waals surface area contributed by atoms with E-state index in [4.69, 9.17) is 0 Å². The summed E-state index contributed by atoms with van der Waals surface area (Å²) in [5, 5.41) is 11.6. The normalized spacial score (nSPS) is 21.1. The van der Waals surface area contributed by atoms with Crippen LogP contribution >= 0.6 is 15.9 Å². The number of carbonyl (C=O) groups excluding carboxylic acids is 1. The summed E-state index contributed by atoms with van der Waals surface area (Å²) >= 11 is 3.22. The molecule has 0 bridgehead atoms. The molecule has 0 radical (unpaired) electrons. The standard InChI is InChI=1S/C13H13BrN4O/c1-2-9-3-5-10(6-4-9)7-15-17-11-8-16-18-13(19)12(11)14/h3-8,12H,2H2,1H3,(H,18,19)/b15-7-,17-11-. The third-order valence-corrected chi connectivity index (χ3v) is 3.51. The zero-order valence-corrected chi connectivity index (χ0v) is 12.0. The number of hydrogen-bond acceptors (Lipinski definition) is 4. The molecule has 5 nitrogen and oxygen atoms in total. The molecule has 0 saturated heterocycles. The van der Waals surface area contributed by atoms with E-state index < -0.39 is 4.83 Å². The highest BCUT2D eigenvalue weighted by Crippen LogP contribution is 2.06. The lowest BCUT2D eigenvalue weighted by Gasteiger charge is -2.10. The first-order chi connectivity index (χ1) is 9.20. The van der Waals surface area contributed by atoms with Crippen molar-refractivity contribution in [3.63, 3.8) is 0 Å². The van der Waals surface area contributed by atoms with Gasteiger partial charge in [0.2, 0.25) is 0 Å². The molecule has 1 aromatic carbocycles. The molecule has 1 aliphatic rings. The minimum Gasteiger partial charge on any atom is -0.271 e. The van der Waals surface area contributed by atoms with Crippen LogP contribution in [-0.4, -0.2) is 28.9 Å². The SMILES string of the molecule is CCc1ccc(/C=N\N=C2\C=NNC(=O)C2Br)cc1. The van der Waals surface area contributed by atoms with Gasteiger partial charge in [0.25, 0.3) is 5.91 Å². The molecule has 19 heavy (non-hydrogen) atoms. The van der Waals surface area contributed by atoms with Gasteiger partial charge in [0.1, 0.15) is 10.5 Å². The number of amides is 1. The summed E-state index contributed by atoms with van der Waals surface area (Å²) in [5.74, 6) is -0.247. The summed E-state index contributed by atoms with van der Waals surface area (Å²) in [4.78, 5) is 10.8. The summed E-state index contributed by atoms with van der Waals surface area (Å²) in [5.41, 5.74) is 5.05. The average Bonchev–Trinajstić information content (AvgIpc) is 2.44. The maximum absolute atomic E-state index is 11.3. The van der Waals surface area contributed by atoms with Gasteiger partial charge in [0.15, 0.2) is 0 Å². The van der Waals surface area contributed by atoms with E-state index in [9.17, 15) is 4.79 Å². The predicted octanol–water partition coefficient (Wildman–Crippen LogP) is 1.90. The molecule has 1 amide bonds. The highest BCUT2D eigenvalue weighted by atomic mass is 79.9. The smallest absolute Gasteiger partial charge is 0.260 e. The maximum atomic E-state index is 11.3. The fourth-order valence-corrected chi connectivity index (χ4v) is 1.81. The second-order valence-corrected chi connectivity index (χ2v) is 4.88. The lowest BCUT2D eigenvalue weighted by Crippen LogP contribution is -2.38. The van der Waals surface area contributed by atoms with Crippen molar-refractivity contribution in [1.82, 2.24) is 5.43 Å². The van der Waals surface area contributed by atoms with E-state index in [1.807, 2.05) is 12.1 Å². The fourth-order valence-electron chi connectivity index (χ4n) is 1.50. The summed E-state index contributed by atoms with van der Waals surface area (Å²) in [6.07, 6.45) is 4.13. The Balaban J connectivity index is 2.08. The largest absolute Gasteiger partial charge is 0.271 e. The monoisotopic (exact) mass is 320 g/mol. The number of nitrogens with one attached hydrogen (secondary N) is 1. The quantitative estimate of drug-likeness (QED) is 0.516. The van der Waals surface area contributed by atoms with E-state index in [1.54, 1.807) is 6.21 Å². The summed E-state index contributed by atoms with van der Waals surface area (Å²) in [6, 6.07) is 8.07. The van der Waals surface area contributed by atoms with Gasteiger partial charge in [0.05, 0.1) is 12.4 Å². The van der Waals surface area contributed by atoms with Crippen LogP contribution in [0.3, 0.4) is 0 Å². The Hall–Kier alpha value is -1.82. The van der Waals surface area contributed by atoms with Crippen molar-refractivity contribution in [2.45, 2.75) is 18.2 Å². The fraction of sp³-hybridized carbons (Fsp3) is 0.231. The molecule has 0 aromatic heterocycles. The molecule has 1 unspecified atom stereocenters. The summed E-state index contributed by atoms with van der Waals surface area (Å²) in [6.45, 7) is 2.11. The number of halogens is 1.